The molecule has 0 saturated carbocycles. The summed E-state index contributed by atoms with van der Waals surface area (Å²) in [5.74, 6) is 0.618. The Balaban J connectivity index is 1.88. The van der Waals surface area contributed by atoms with E-state index >= 15 is 0 Å². The van der Waals surface area contributed by atoms with E-state index in [9.17, 15) is 4.79 Å². The molecule has 0 aliphatic rings. The summed E-state index contributed by atoms with van der Waals surface area (Å²) in [5, 5.41) is 2.94. The van der Waals surface area contributed by atoms with Crippen molar-refractivity contribution in [1.82, 2.24) is 5.32 Å². The summed E-state index contributed by atoms with van der Waals surface area (Å²) in [4.78, 5) is 12.0. The van der Waals surface area contributed by atoms with Crippen LogP contribution in [0.4, 0.5) is 0 Å². The number of aryl methyl sites for hydroxylation is 2. The van der Waals surface area contributed by atoms with Gasteiger partial charge in [0.1, 0.15) is 5.75 Å². The molecule has 0 spiro atoms. The van der Waals surface area contributed by atoms with Crippen LogP contribution in [-0.4, -0.2) is 12.5 Å². The Morgan fingerprint density at radius 3 is 2.50 bits per heavy atom. The fourth-order valence-corrected chi connectivity index (χ4v) is 2.49. The molecule has 0 aliphatic carbocycles. The molecule has 22 heavy (non-hydrogen) atoms. The minimum atomic E-state index is -0.129. The molecule has 2 aromatic carbocycles. The van der Waals surface area contributed by atoms with Crippen LogP contribution in [0.15, 0.2) is 46.9 Å². The highest BCUT2D eigenvalue weighted by Crippen LogP contribution is 2.19. The lowest BCUT2D eigenvalue weighted by Crippen LogP contribution is -2.31. The molecule has 1 amide bonds. The van der Waals surface area contributed by atoms with E-state index in [1.54, 1.807) is 0 Å². The molecule has 0 saturated heterocycles. The van der Waals surface area contributed by atoms with Crippen LogP contribution >= 0.6 is 15.9 Å². The van der Waals surface area contributed by atoms with Gasteiger partial charge in [0, 0.05) is 4.47 Å². The van der Waals surface area contributed by atoms with Crippen LogP contribution in [-0.2, 0) is 4.79 Å². The highest BCUT2D eigenvalue weighted by atomic mass is 79.9. The predicted octanol–water partition coefficient (Wildman–Crippen LogP) is 4.32. The maximum atomic E-state index is 12.0. The minimum Gasteiger partial charge on any atom is -0.484 e. The molecular weight excluding hydrogens is 342 g/mol. The molecule has 2 aromatic rings. The SMILES string of the molecule is Cc1ccc(OCC(=O)NC(C)c2ccc(Br)cc2)c(C)c1. The number of rotatable bonds is 5. The summed E-state index contributed by atoms with van der Waals surface area (Å²) in [6, 6.07) is 13.8. The fourth-order valence-electron chi connectivity index (χ4n) is 2.22. The summed E-state index contributed by atoms with van der Waals surface area (Å²) >= 11 is 3.40. The Hall–Kier alpha value is -1.81. The van der Waals surface area contributed by atoms with E-state index in [1.165, 1.54) is 5.56 Å². The van der Waals surface area contributed by atoms with E-state index in [4.69, 9.17) is 4.74 Å². The second kappa shape index (κ2) is 7.45. The van der Waals surface area contributed by atoms with Crippen LogP contribution in [0.2, 0.25) is 0 Å². The van der Waals surface area contributed by atoms with Crippen molar-refractivity contribution in [1.29, 1.82) is 0 Å². The van der Waals surface area contributed by atoms with Gasteiger partial charge in [-0.05, 0) is 50.1 Å². The number of hydrogen-bond donors (Lipinski definition) is 1. The minimum absolute atomic E-state index is 0.0186. The number of halogens is 1. The summed E-state index contributed by atoms with van der Waals surface area (Å²) in [6.07, 6.45) is 0. The number of hydrogen-bond acceptors (Lipinski definition) is 2. The number of carbonyl (C=O) groups excluding carboxylic acids is 1. The topological polar surface area (TPSA) is 38.3 Å². The van der Waals surface area contributed by atoms with Crippen molar-refractivity contribution >= 4 is 21.8 Å². The van der Waals surface area contributed by atoms with Crippen molar-refractivity contribution in [3.05, 3.63) is 63.6 Å². The second-order valence-corrected chi connectivity index (χ2v) is 6.31. The van der Waals surface area contributed by atoms with E-state index in [-0.39, 0.29) is 18.6 Å². The maximum Gasteiger partial charge on any atom is 0.258 e. The van der Waals surface area contributed by atoms with Crippen LogP contribution < -0.4 is 10.1 Å². The number of nitrogens with one attached hydrogen (secondary N) is 1. The zero-order valence-electron chi connectivity index (χ0n) is 13.0. The van der Waals surface area contributed by atoms with Gasteiger partial charge in [0.05, 0.1) is 6.04 Å². The largest absolute Gasteiger partial charge is 0.484 e. The van der Waals surface area contributed by atoms with Crippen LogP contribution in [0, 0.1) is 13.8 Å². The van der Waals surface area contributed by atoms with E-state index in [2.05, 4.69) is 21.2 Å². The smallest absolute Gasteiger partial charge is 0.258 e. The van der Waals surface area contributed by atoms with Gasteiger partial charge in [-0.15, -0.1) is 0 Å². The Labute approximate surface area is 139 Å². The molecule has 3 nitrogen and oxygen atoms in total. The average Bonchev–Trinajstić information content (AvgIpc) is 2.47. The highest BCUT2D eigenvalue weighted by molar-refractivity contribution is 9.10. The van der Waals surface area contributed by atoms with Crippen molar-refractivity contribution < 1.29 is 9.53 Å². The Morgan fingerprint density at radius 1 is 1.18 bits per heavy atom. The molecule has 0 bridgehead atoms. The number of carbonyl (C=O) groups is 1. The van der Waals surface area contributed by atoms with Gasteiger partial charge in [-0.3, -0.25) is 4.79 Å². The normalized spacial score (nSPS) is 11.8. The van der Waals surface area contributed by atoms with Crippen molar-refractivity contribution in [2.24, 2.45) is 0 Å². The standard InChI is InChI=1S/C18H20BrNO2/c1-12-4-9-17(13(2)10-12)22-11-18(21)20-14(3)15-5-7-16(19)8-6-15/h4-10,14H,11H2,1-3H3,(H,20,21). The van der Waals surface area contributed by atoms with Gasteiger partial charge in [0.25, 0.3) is 5.91 Å². The lowest BCUT2D eigenvalue weighted by atomic mass is 10.1. The molecule has 1 unspecified atom stereocenters. The predicted molar refractivity (Wildman–Crippen MR) is 92.1 cm³/mol. The molecule has 116 valence electrons. The summed E-state index contributed by atoms with van der Waals surface area (Å²) in [7, 11) is 0. The average molecular weight is 362 g/mol. The molecular formula is C18H20BrNO2. The third kappa shape index (κ3) is 4.60. The van der Waals surface area contributed by atoms with Crippen molar-refractivity contribution in [3.63, 3.8) is 0 Å². The van der Waals surface area contributed by atoms with E-state index in [0.29, 0.717) is 0 Å². The van der Waals surface area contributed by atoms with Gasteiger partial charge in [0.15, 0.2) is 6.61 Å². The Kier molecular flexibility index (Phi) is 5.61. The first kappa shape index (κ1) is 16.6. The third-order valence-electron chi connectivity index (χ3n) is 3.44. The molecule has 0 fully saturated rings. The van der Waals surface area contributed by atoms with Crippen LogP contribution in [0.25, 0.3) is 0 Å². The fraction of sp³-hybridized carbons (Fsp3) is 0.278. The van der Waals surface area contributed by atoms with E-state index in [0.717, 1.165) is 21.3 Å². The number of benzene rings is 2. The Bertz CT molecular complexity index is 653. The summed E-state index contributed by atoms with van der Waals surface area (Å²) < 4.78 is 6.61. The lowest BCUT2D eigenvalue weighted by Gasteiger charge is -2.15. The first-order valence-electron chi connectivity index (χ1n) is 7.20. The third-order valence-corrected chi connectivity index (χ3v) is 3.97. The van der Waals surface area contributed by atoms with Crippen molar-refractivity contribution in [3.8, 4) is 5.75 Å². The van der Waals surface area contributed by atoms with Crippen LogP contribution in [0.1, 0.15) is 29.7 Å². The van der Waals surface area contributed by atoms with E-state index < -0.39 is 0 Å². The summed E-state index contributed by atoms with van der Waals surface area (Å²) in [5.41, 5.74) is 3.27. The van der Waals surface area contributed by atoms with Crippen LogP contribution in [0.3, 0.4) is 0 Å². The van der Waals surface area contributed by atoms with E-state index in [1.807, 2.05) is 63.2 Å². The monoisotopic (exact) mass is 361 g/mol. The number of ether oxygens (including phenoxy) is 1. The van der Waals surface area contributed by atoms with Gasteiger partial charge < -0.3 is 10.1 Å². The molecule has 4 heteroatoms. The van der Waals surface area contributed by atoms with Gasteiger partial charge in [-0.25, -0.2) is 0 Å². The molecule has 0 radical (unpaired) electrons. The van der Waals surface area contributed by atoms with Crippen molar-refractivity contribution in [2.45, 2.75) is 26.8 Å². The Morgan fingerprint density at radius 2 is 1.86 bits per heavy atom. The zero-order chi connectivity index (χ0) is 16.1. The summed E-state index contributed by atoms with van der Waals surface area (Å²) in [6.45, 7) is 5.98. The molecule has 0 aromatic heterocycles. The first-order valence-corrected chi connectivity index (χ1v) is 8.00. The molecule has 0 heterocycles. The van der Waals surface area contributed by atoms with Gasteiger partial charge in [0.2, 0.25) is 0 Å². The van der Waals surface area contributed by atoms with Crippen molar-refractivity contribution in [2.75, 3.05) is 6.61 Å². The molecule has 1 N–H and O–H groups in total. The maximum absolute atomic E-state index is 12.0. The number of amides is 1. The molecule has 0 aliphatic heterocycles. The quantitative estimate of drug-likeness (QED) is 0.860. The first-order chi connectivity index (χ1) is 10.5. The van der Waals surface area contributed by atoms with Crippen LogP contribution in [0.5, 0.6) is 5.75 Å². The molecule has 2 rings (SSSR count). The second-order valence-electron chi connectivity index (χ2n) is 5.40. The zero-order valence-corrected chi connectivity index (χ0v) is 14.6. The molecule has 1 atom stereocenters. The highest BCUT2D eigenvalue weighted by Gasteiger charge is 2.10. The van der Waals surface area contributed by atoms with Gasteiger partial charge >= 0.3 is 0 Å². The lowest BCUT2D eigenvalue weighted by molar-refractivity contribution is -0.123. The van der Waals surface area contributed by atoms with Gasteiger partial charge in [-0.1, -0.05) is 45.8 Å². The van der Waals surface area contributed by atoms with Gasteiger partial charge in [-0.2, -0.15) is 0 Å².